The maximum Gasteiger partial charge on any atom is 0.319 e. The van der Waals surface area contributed by atoms with E-state index in [2.05, 4.69) is 47.9 Å². The highest BCUT2D eigenvalue weighted by molar-refractivity contribution is 5.94. The highest BCUT2D eigenvalue weighted by atomic mass is 19.1. The molecule has 5 aliphatic rings. The molecule has 45 heavy (non-hydrogen) atoms. The Hall–Kier alpha value is -4.10. The normalized spacial score (nSPS) is 28.5. The van der Waals surface area contributed by atoms with E-state index in [-0.39, 0.29) is 24.5 Å². The second kappa shape index (κ2) is 10.8. The molecule has 0 bridgehead atoms. The molecule has 1 saturated carbocycles. The number of aromatic nitrogens is 2. The molecule has 1 amide bonds. The third kappa shape index (κ3) is 4.83. The van der Waals surface area contributed by atoms with Crippen molar-refractivity contribution in [2.45, 2.75) is 62.2 Å². The van der Waals surface area contributed by atoms with Gasteiger partial charge in [0.05, 0.1) is 29.6 Å². The van der Waals surface area contributed by atoms with Crippen molar-refractivity contribution in [2.24, 2.45) is 5.92 Å². The topological polar surface area (TPSA) is 85.6 Å². The molecule has 232 valence electrons. The fourth-order valence-electron chi connectivity index (χ4n) is 8.53. The molecule has 3 saturated heterocycles. The van der Waals surface area contributed by atoms with Crippen LogP contribution in [0.2, 0.25) is 0 Å². The van der Waals surface area contributed by atoms with Crippen molar-refractivity contribution in [2.75, 3.05) is 44.2 Å². The van der Waals surface area contributed by atoms with Crippen LogP contribution in [-0.4, -0.2) is 82.8 Å². The molecule has 5 atom stereocenters. The summed E-state index contributed by atoms with van der Waals surface area (Å²) in [5, 5.41) is 10.4. The van der Waals surface area contributed by atoms with Gasteiger partial charge in [-0.2, -0.15) is 15.2 Å². The summed E-state index contributed by atoms with van der Waals surface area (Å²) < 4.78 is 34.7. The van der Waals surface area contributed by atoms with Crippen LogP contribution in [0.5, 0.6) is 6.01 Å². The van der Waals surface area contributed by atoms with Crippen molar-refractivity contribution in [3.63, 3.8) is 0 Å². The maximum atomic E-state index is 14.5. The Morgan fingerprint density at radius 3 is 2.91 bits per heavy atom. The van der Waals surface area contributed by atoms with Gasteiger partial charge in [-0.1, -0.05) is 30.8 Å². The number of piperazine rings is 1. The van der Waals surface area contributed by atoms with Crippen LogP contribution in [0.1, 0.15) is 49.1 Å². The van der Waals surface area contributed by atoms with Gasteiger partial charge in [-0.25, -0.2) is 8.78 Å². The summed E-state index contributed by atoms with van der Waals surface area (Å²) in [5.41, 5.74) is 5.62. The zero-order valence-corrected chi connectivity index (χ0v) is 25.2. The molecule has 2 aliphatic carbocycles. The summed E-state index contributed by atoms with van der Waals surface area (Å²) in [5.74, 6) is 0.295. The highest BCUT2D eigenvalue weighted by Crippen LogP contribution is 2.57. The smallest absolute Gasteiger partial charge is 0.319 e. The number of anilines is 1. The second-order valence-electron chi connectivity index (χ2n) is 13.5. The number of ether oxygens (including phenoxy) is 1. The Morgan fingerprint density at radius 1 is 1.18 bits per heavy atom. The molecule has 0 radical (unpaired) electrons. The minimum absolute atomic E-state index is 0.0515. The summed E-state index contributed by atoms with van der Waals surface area (Å²) >= 11 is 0. The molecule has 8 rings (SSSR count). The molecule has 0 spiro atoms. The van der Waals surface area contributed by atoms with Gasteiger partial charge in [0.2, 0.25) is 0 Å². The Morgan fingerprint density at radius 2 is 2.07 bits per heavy atom. The van der Waals surface area contributed by atoms with Crippen molar-refractivity contribution in [3.05, 3.63) is 59.9 Å². The first-order chi connectivity index (χ1) is 21.8. The van der Waals surface area contributed by atoms with Gasteiger partial charge < -0.3 is 14.5 Å². The number of benzene rings is 2. The average molecular weight is 611 g/mol. The number of alkyl halides is 1. The van der Waals surface area contributed by atoms with Gasteiger partial charge in [0.25, 0.3) is 5.91 Å². The molecule has 0 N–H and O–H groups in total. The molecule has 3 aliphatic heterocycles. The van der Waals surface area contributed by atoms with E-state index in [0.717, 1.165) is 48.2 Å². The van der Waals surface area contributed by atoms with Crippen molar-refractivity contribution in [1.82, 2.24) is 19.8 Å². The summed E-state index contributed by atoms with van der Waals surface area (Å²) in [6.45, 7) is 5.72. The average Bonchev–Trinajstić information content (AvgIpc) is 3.38. The summed E-state index contributed by atoms with van der Waals surface area (Å²) in [4.78, 5) is 28.0. The number of amides is 1. The van der Waals surface area contributed by atoms with Gasteiger partial charge in [-0.3, -0.25) is 9.69 Å². The van der Waals surface area contributed by atoms with E-state index in [1.54, 1.807) is 0 Å². The van der Waals surface area contributed by atoms with Crippen molar-refractivity contribution >= 4 is 22.6 Å². The van der Waals surface area contributed by atoms with E-state index >= 15 is 0 Å². The molecule has 8 nitrogen and oxygen atoms in total. The number of carbonyl (C=O) groups is 1. The van der Waals surface area contributed by atoms with E-state index < -0.39 is 23.9 Å². The molecular formula is C35H36F2N6O2. The van der Waals surface area contributed by atoms with Gasteiger partial charge >= 0.3 is 6.01 Å². The number of halogens is 2. The van der Waals surface area contributed by atoms with Gasteiger partial charge in [0.15, 0.2) is 5.83 Å². The van der Waals surface area contributed by atoms with Gasteiger partial charge in [-0.15, -0.1) is 0 Å². The van der Waals surface area contributed by atoms with Crippen LogP contribution in [0, 0.1) is 17.2 Å². The van der Waals surface area contributed by atoms with Crippen LogP contribution in [0.4, 0.5) is 14.6 Å². The minimum Gasteiger partial charge on any atom is -0.461 e. The molecule has 3 aromatic rings. The quantitative estimate of drug-likeness (QED) is 0.335. The zero-order valence-electron chi connectivity index (χ0n) is 25.2. The lowest BCUT2D eigenvalue weighted by Gasteiger charge is -2.41. The number of nitrogens with zero attached hydrogens (tertiary/aromatic N) is 6. The van der Waals surface area contributed by atoms with Crippen LogP contribution >= 0.6 is 0 Å². The van der Waals surface area contributed by atoms with E-state index in [1.165, 1.54) is 28.0 Å². The standard InChI is InChI=1S/C35H36F2N6O2/c1-21(36)33(44)43-13-12-41(19-25(43)8-10-38)32-28-7-6-22(26-4-2-5-27-29-14-23(29)15-30(26)27)16-31(28)39-34(40-32)45-20-35-9-3-11-42(35)18-24(37)17-35/h2,4-7,16,23-25,29H,1,3,8-9,11-15,17-20H2/t23?,24-,25+,29?,35+/m1/s1. The number of hydrogen-bond donors (Lipinski definition) is 0. The first kappa shape index (κ1) is 28.4. The van der Waals surface area contributed by atoms with Crippen LogP contribution in [0.3, 0.4) is 0 Å². The number of nitriles is 1. The number of fused-ring (bicyclic) bond motifs is 5. The molecule has 2 unspecified atom stereocenters. The van der Waals surface area contributed by atoms with E-state index in [1.807, 2.05) is 11.0 Å². The lowest BCUT2D eigenvalue weighted by atomic mass is 9.94. The molecule has 4 heterocycles. The first-order valence-electron chi connectivity index (χ1n) is 16.1. The van der Waals surface area contributed by atoms with Crippen molar-refractivity contribution in [1.29, 1.82) is 5.26 Å². The second-order valence-corrected chi connectivity index (χ2v) is 13.5. The van der Waals surface area contributed by atoms with Gasteiger partial charge in [0, 0.05) is 38.0 Å². The Kier molecular flexibility index (Phi) is 6.79. The Bertz CT molecular complexity index is 1760. The van der Waals surface area contributed by atoms with Crippen LogP contribution in [0.15, 0.2) is 48.8 Å². The zero-order chi connectivity index (χ0) is 30.9. The van der Waals surface area contributed by atoms with E-state index in [0.29, 0.717) is 44.4 Å². The van der Waals surface area contributed by atoms with Crippen LogP contribution in [-0.2, 0) is 11.2 Å². The summed E-state index contributed by atoms with van der Waals surface area (Å²) in [7, 11) is 0. The fraction of sp³-hybridized carbons (Fsp3) is 0.486. The lowest BCUT2D eigenvalue weighted by Crippen LogP contribution is -2.55. The number of rotatable bonds is 7. The first-order valence-corrected chi connectivity index (χ1v) is 16.1. The third-order valence-electron chi connectivity index (χ3n) is 10.8. The third-order valence-corrected chi connectivity index (χ3v) is 10.8. The van der Waals surface area contributed by atoms with E-state index in [9.17, 15) is 18.8 Å². The Balaban J connectivity index is 1.17. The molecule has 10 heteroatoms. The minimum atomic E-state index is -1.03. The van der Waals surface area contributed by atoms with Crippen LogP contribution in [0.25, 0.3) is 22.0 Å². The lowest BCUT2D eigenvalue weighted by molar-refractivity contribution is -0.131. The van der Waals surface area contributed by atoms with Gasteiger partial charge in [-0.05, 0) is 78.5 Å². The van der Waals surface area contributed by atoms with Gasteiger partial charge in [0.1, 0.15) is 18.6 Å². The van der Waals surface area contributed by atoms with Crippen molar-refractivity contribution in [3.8, 4) is 23.2 Å². The van der Waals surface area contributed by atoms with Crippen LogP contribution < -0.4 is 9.64 Å². The maximum absolute atomic E-state index is 14.5. The fourth-order valence-corrected chi connectivity index (χ4v) is 8.53. The van der Waals surface area contributed by atoms with E-state index in [4.69, 9.17) is 14.7 Å². The number of carbonyl (C=O) groups excluding carboxylic acids is 1. The monoisotopic (exact) mass is 610 g/mol. The molecule has 2 aromatic carbocycles. The highest BCUT2D eigenvalue weighted by Gasteiger charge is 2.49. The SMILES string of the molecule is C=C(F)C(=O)N1CCN(c2nc(OC[C@@]34CCCN3C[C@H](F)C4)nc3cc(-c4cccc5c4CC4CC54)ccc23)C[C@@H]1CC#N. The summed E-state index contributed by atoms with van der Waals surface area (Å²) in [6.07, 6.45) is 3.94. The number of hydrogen-bond acceptors (Lipinski definition) is 7. The Labute approximate surface area is 261 Å². The van der Waals surface area contributed by atoms with Crippen molar-refractivity contribution < 1.29 is 18.3 Å². The predicted octanol–water partition coefficient (Wildman–Crippen LogP) is 5.33. The summed E-state index contributed by atoms with van der Waals surface area (Å²) in [6, 6.07) is 14.7. The molecule has 1 aromatic heterocycles. The molecular weight excluding hydrogens is 574 g/mol. The predicted molar refractivity (Wildman–Crippen MR) is 166 cm³/mol. The molecule has 4 fully saturated rings. The largest absolute Gasteiger partial charge is 0.461 e.